The Kier molecular flexibility index (Phi) is 3.52. The van der Waals surface area contributed by atoms with Crippen molar-refractivity contribution in [2.45, 2.75) is 38.3 Å². The Morgan fingerprint density at radius 1 is 1.43 bits per heavy atom. The molecular formula is C17H20N4O2. The van der Waals surface area contributed by atoms with Crippen molar-refractivity contribution in [1.82, 2.24) is 20.1 Å². The molecule has 2 aromatic rings. The number of benzene rings is 1. The third-order valence-electron chi connectivity index (χ3n) is 4.76. The van der Waals surface area contributed by atoms with E-state index in [2.05, 4.69) is 26.1 Å². The first-order chi connectivity index (χ1) is 11.3. The van der Waals surface area contributed by atoms with Crippen LogP contribution in [0, 0.1) is 5.92 Å². The monoisotopic (exact) mass is 312 g/mol. The number of fused-ring (bicyclic) bond motifs is 1. The Labute approximate surface area is 134 Å². The van der Waals surface area contributed by atoms with Crippen LogP contribution in [0.15, 0.2) is 24.3 Å². The van der Waals surface area contributed by atoms with Gasteiger partial charge >= 0.3 is 0 Å². The minimum absolute atomic E-state index is 0.0584. The molecule has 4 rings (SSSR count). The lowest BCUT2D eigenvalue weighted by molar-refractivity contribution is -0.122. The Balaban J connectivity index is 1.35. The summed E-state index contributed by atoms with van der Waals surface area (Å²) in [6.07, 6.45) is 3.00. The van der Waals surface area contributed by atoms with Gasteiger partial charge in [0, 0.05) is 18.9 Å². The molecule has 1 fully saturated rings. The number of methoxy groups -OCH3 is 1. The first-order valence-corrected chi connectivity index (χ1v) is 8.09. The van der Waals surface area contributed by atoms with E-state index in [1.54, 1.807) is 7.11 Å². The van der Waals surface area contributed by atoms with Crippen LogP contribution in [0.2, 0.25) is 0 Å². The number of amides is 1. The number of rotatable bonds is 5. The van der Waals surface area contributed by atoms with Crippen molar-refractivity contribution in [3.8, 4) is 5.75 Å². The molecule has 2 atom stereocenters. The number of aryl methyl sites for hydroxylation is 1. The number of nitrogens with one attached hydrogen (secondary N) is 1. The molecule has 120 valence electrons. The van der Waals surface area contributed by atoms with Crippen LogP contribution in [-0.4, -0.2) is 27.8 Å². The van der Waals surface area contributed by atoms with E-state index in [-0.39, 0.29) is 11.8 Å². The number of aromatic nitrogens is 3. The fourth-order valence-electron chi connectivity index (χ4n) is 3.36. The van der Waals surface area contributed by atoms with E-state index in [0.29, 0.717) is 12.5 Å². The molecule has 0 spiro atoms. The quantitative estimate of drug-likeness (QED) is 0.911. The van der Waals surface area contributed by atoms with Gasteiger partial charge in [0.25, 0.3) is 0 Å². The van der Waals surface area contributed by atoms with Crippen molar-refractivity contribution in [2.24, 2.45) is 5.92 Å². The van der Waals surface area contributed by atoms with Gasteiger partial charge in [-0.15, -0.1) is 10.2 Å². The van der Waals surface area contributed by atoms with Crippen molar-refractivity contribution in [1.29, 1.82) is 0 Å². The molecular weight excluding hydrogens is 292 g/mol. The highest BCUT2D eigenvalue weighted by molar-refractivity contribution is 5.82. The molecule has 2 aliphatic rings. The smallest absolute Gasteiger partial charge is 0.224 e. The minimum atomic E-state index is 0.0584. The zero-order valence-corrected chi connectivity index (χ0v) is 13.2. The predicted octanol–water partition coefficient (Wildman–Crippen LogP) is 1.65. The second kappa shape index (κ2) is 5.68. The maximum atomic E-state index is 12.3. The van der Waals surface area contributed by atoms with E-state index >= 15 is 0 Å². The molecule has 0 saturated heterocycles. The highest BCUT2D eigenvalue weighted by atomic mass is 16.5. The van der Waals surface area contributed by atoms with Gasteiger partial charge in [-0.1, -0.05) is 12.1 Å². The summed E-state index contributed by atoms with van der Waals surface area (Å²) in [6.45, 7) is 1.43. The second-order valence-electron chi connectivity index (χ2n) is 6.23. The van der Waals surface area contributed by atoms with E-state index in [1.165, 1.54) is 5.56 Å². The standard InChI is InChI=1S/C17H20N4O2/c1-23-12-5-2-4-11(8-12)13-9-14(13)17(22)18-10-16-20-19-15-6-3-7-21(15)16/h2,4-5,8,13-14H,3,6-7,9-10H2,1H3,(H,18,22)/t13-,14+/m0/s1. The molecule has 6 nitrogen and oxygen atoms in total. The summed E-state index contributed by atoms with van der Waals surface area (Å²) < 4.78 is 7.37. The molecule has 0 unspecified atom stereocenters. The van der Waals surface area contributed by atoms with Crippen molar-refractivity contribution in [2.75, 3.05) is 7.11 Å². The van der Waals surface area contributed by atoms with Crippen LogP contribution >= 0.6 is 0 Å². The topological polar surface area (TPSA) is 69.0 Å². The first-order valence-electron chi connectivity index (χ1n) is 8.09. The normalized spacial score (nSPS) is 21.8. The van der Waals surface area contributed by atoms with Crippen molar-refractivity contribution in [3.63, 3.8) is 0 Å². The van der Waals surface area contributed by atoms with Crippen LogP contribution < -0.4 is 10.1 Å². The van der Waals surface area contributed by atoms with E-state index in [1.807, 2.05) is 18.2 Å². The van der Waals surface area contributed by atoms with Crippen molar-refractivity contribution >= 4 is 5.91 Å². The van der Waals surface area contributed by atoms with Crippen molar-refractivity contribution in [3.05, 3.63) is 41.5 Å². The van der Waals surface area contributed by atoms with Gasteiger partial charge in [0.05, 0.1) is 13.7 Å². The summed E-state index contributed by atoms with van der Waals surface area (Å²) in [4.78, 5) is 12.3. The summed E-state index contributed by atoms with van der Waals surface area (Å²) >= 11 is 0. The number of carbonyl (C=O) groups excluding carboxylic acids is 1. The fourth-order valence-corrected chi connectivity index (χ4v) is 3.36. The van der Waals surface area contributed by atoms with E-state index < -0.39 is 0 Å². The summed E-state index contributed by atoms with van der Waals surface area (Å²) in [7, 11) is 1.66. The van der Waals surface area contributed by atoms with Gasteiger partial charge in [0.15, 0.2) is 5.82 Å². The average molecular weight is 312 g/mol. The molecule has 2 heterocycles. The molecule has 1 saturated carbocycles. The molecule has 1 amide bonds. The average Bonchev–Trinajstić information content (AvgIpc) is 3.09. The highest BCUT2D eigenvalue weighted by Crippen LogP contribution is 2.48. The predicted molar refractivity (Wildman–Crippen MR) is 84.0 cm³/mol. The zero-order chi connectivity index (χ0) is 15.8. The lowest BCUT2D eigenvalue weighted by atomic mass is 10.1. The highest BCUT2D eigenvalue weighted by Gasteiger charge is 2.44. The summed E-state index contributed by atoms with van der Waals surface area (Å²) in [5.41, 5.74) is 1.17. The molecule has 1 aliphatic carbocycles. The number of ether oxygens (including phenoxy) is 1. The zero-order valence-electron chi connectivity index (χ0n) is 13.2. The van der Waals surface area contributed by atoms with Crippen LogP contribution in [0.1, 0.15) is 36.0 Å². The van der Waals surface area contributed by atoms with E-state index in [9.17, 15) is 4.79 Å². The van der Waals surface area contributed by atoms with Crippen LogP contribution in [0.25, 0.3) is 0 Å². The molecule has 0 radical (unpaired) electrons. The molecule has 6 heteroatoms. The summed E-state index contributed by atoms with van der Waals surface area (Å²) in [6, 6.07) is 7.98. The van der Waals surface area contributed by atoms with Crippen molar-refractivity contribution < 1.29 is 9.53 Å². The van der Waals surface area contributed by atoms with E-state index in [4.69, 9.17) is 4.74 Å². The molecule has 0 bridgehead atoms. The van der Waals surface area contributed by atoms with Gasteiger partial charge in [0.2, 0.25) is 5.91 Å². The van der Waals surface area contributed by atoms with Gasteiger partial charge in [0.1, 0.15) is 11.6 Å². The Hall–Kier alpha value is -2.37. The third kappa shape index (κ3) is 2.69. The summed E-state index contributed by atoms with van der Waals surface area (Å²) in [5.74, 6) is 3.21. The second-order valence-corrected chi connectivity index (χ2v) is 6.23. The molecule has 23 heavy (non-hydrogen) atoms. The lowest BCUT2D eigenvalue weighted by Gasteiger charge is -2.06. The maximum absolute atomic E-state index is 12.3. The van der Waals surface area contributed by atoms with Crippen LogP contribution in [0.4, 0.5) is 0 Å². The van der Waals surface area contributed by atoms with Gasteiger partial charge in [-0.05, 0) is 36.5 Å². The molecule has 1 aliphatic heterocycles. The lowest BCUT2D eigenvalue weighted by Crippen LogP contribution is -2.26. The number of hydrogen-bond donors (Lipinski definition) is 1. The molecule has 1 N–H and O–H groups in total. The first kappa shape index (κ1) is 14.2. The van der Waals surface area contributed by atoms with Gasteiger partial charge in [-0.3, -0.25) is 4.79 Å². The van der Waals surface area contributed by atoms with E-state index in [0.717, 1.165) is 43.2 Å². The Bertz CT molecular complexity index is 740. The van der Waals surface area contributed by atoms with Gasteiger partial charge in [-0.2, -0.15) is 0 Å². The molecule has 1 aromatic heterocycles. The Morgan fingerprint density at radius 3 is 3.22 bits per heavy atom. The third-order valence-corrected chi connectivity index (χ3v) is 4.76. The molecule has 1 aromatic carbocycles. The SMILES string of the molecule is COc1cccc([C@@H]2C[C@H]2C(=O)NCc2nnc3n2CCC3)c1. The van der Waals surface area contributed by atoms with Crippen LogP contribution in [-0.2, 0) is 24.3 Å². The Morgan fingerprint density at radius 2 is 2.35 bits per heavy atom. The number of nitrogens with zero attached hydrogens (tertiary/aromatic N) is 3. The number of carbonyl (C=O) groups is 1. The van der Waals surface area contributed by atoms with Gasteiger partial charge in [-0.25, -0.2) is 0 Å². The maximum Gasteiger partial charge on any atom is 0.224 e. The minimum Gasteiger partial charge on any atom is -0.497 e. The fraction of sp³-hybridized carbons (Fsp3) is 0.471. The largest absolute Gasteiger partial charge is 0.497 e. The van der Waals surface area contributed by atoms with Crippen LogP contribution in [0.5, 0.6) is 5.75 Å². The van der Waals surface area contributed by atoms with Gasteiger partial charge < -0.3 is 14.6 Å². The number of hydrogen-bond acceptors (Lipinski definition) is 4. The van der Waals surface area contributed by atoms with Crippen LogP contribution in [0.3, 0.4) is 0 Å². The summed E-state index contributed by atoms with van der Waals surface area (Å²) in [5, 5.41) is 11.3.